The van der Waals surface area contributed by atoms with Gasteiger partial charge < -0.3 is 14.6 Å². The molecule has 7 heteroatoms. The Morgan fingerprint density at radius 2 is 2.06 bits per heavy atom. The van der Waals surface area contributed by atoms with Crippen LogP contribution in [0.2, 0.25) is 0 Å². The van der Waals surface area contributed by atoms with Gasteiger partial charge in [0.15, 0.2) is 16.9 Å². The summed E-state index contributed by atoms with van der Waals surface area (Å²) in [7, 11) is 0. The molecule has 1 heterocycles. The molecule has 1 saturated heterocycles. The van der Waals surface area contributed by atoms with Crippen molar-refractivity contribution in [2.24, 2.45) is 28.6 Å². The summed E-state index contributed by atoms with van der Waals surface area (Å²) < 4.78 is 12.5. The van der Waals surface area contributed by atoms with E-state index in [-0.39, 0.29) is 41.5 Å². The molecule has 174 valence electrons. The molecule has 4 fully saturated rings. The number of hydrogen-bond acceptors (Lipinski definition) is 6. The molecule has 1 unspecified atom stereocenters. The zero-order valence-electron chi connectivity index (χ0n) is 19.0. The predicted molar refractivity (Wildman–Crippen MR) is 117 cm³/mol. The van der Waals surface area contributed by atoms with E-state index in [9.17, 15) is 19.5 Å². The summed E-state index contributed by atoms with van der Waals surface area (Å²) in [6, 6.07) is 0. The highest BCUT2D eigenvalue weighted by Gasteiger charge is 2.83. The highest BCUT2D eigenvalue weighted by atomic mass is 35.5. The number of rotatable bonds is 4. The first-order valence-electron chi connectivity index (χ1n) is 11.7. The number of aliphatic hydroxyl groups is 1. The van der Waals surface area contributed by atoms with Crippen molar-refractivity contribution in [3.05, 3.63) is 23.8 Å². The van der Waals surface area contributed by atoms with Crippen LogP contribution in [0.5, 0.6) is 0 Å². The van der Waals surface area contributed by atoms with Crippen LogP contribution in [0.1, 0.15) is 59.8 Å². The van der Waals surface area contributed by atoms with E-state index < -0.39 is 33.9 Å². The van der Waals surface area contributed by atoms with Crippen LogP contribution < -0.4 is 0 Å². The lowest BCUT2D eigenvalue weighted by Gasteiger charge is -2.56. The third-order valence-corrected chi connectivity index (χ3v) is 9.82. The van der Waals surface area contributed by atoms with Gasteiger partial charge in [-0.15, -0.1) is 0 Å². The molecule has 0 amide bonds. The minimum Gasteiger partial charge on any atom is -0.450 e. The smallest absolute Gasteiger partial charge is 0.306 e. The molecule has 1 spiro atoms. The number of fused-ring (bicyclic) bond motifs is 3. The molecule has 4 aliphatic carbocycles. The Labute approximate surface area is 193 Å². The molecular formula is C25H31ClO6. The molecule has 5 aliphatic rings. The number of carbonyl (C=O) groups excluding carboxylic acids is 3. The van der Waals surface area contributed by atoms with Crippen molar-refractivity contribution in [2.75, 3.05) is 0 Å². The second kappa shape index (κ2) is 6.77. The predicted octanol–water partition coefficient (Wildman–Crippen LogP) is 3.49. The van der Waals surface area contributed by atoms with Crippen molar-refractivity contribution >= 4 is 29.1 Å². The quantitative estimate of drug-likeness (QED) is 0.390. The topological polar surface area (TPSA) is 93.2 Å². The Hall–Kier alpha value is -1.50. The molecule has 6 nitrogen and oxygen atoms in total. The second-order valence-corrected chi connectivity index (χ2v) is 11.2. The molecule has 1 N–H and O–H groups in total. The van der Waals surface area contributed by atoms with Crippen molar-refractivity contribution in [2.45, 2.75) is 82.7 Å². The van der Waals surface area contributed by atoms with Crippen molar-refractivity contribution in [3.8, 4) is 0 Å². The maximum Gasteiger partial charge on any atom is 0.306 e. The maximum absolute atomic E-state index is 13.4. The Balaban J connectivity index is 1.61. The molecule has 0 bridgehead atoms. The van der Waals surface area contributed by atoms with Crippen molar-refractivity contribution in [1.82, 2.24) is 0 Å². The molecule has 5 rings (SSSR count). The molecule has 3 saturated carbocycles. The fraction of sp³-hybridized carbons (Fsp3) is 0.720. The van der Waals surface area contributed by atoms with Crippen LogP contribution in [0.4, 0.5) is 0 Å². The number of alkyl halides is 1. The van der Waals surface area contributed by atoms with Gasteiger partial charge in [0.2, 0.25) is 5.78 Å². The summed E-state index contributed by atoms with van der Waals surface area (Å²) in [6.07, 6.45) is 8.30. The Bertz CT molecular complexity index is 969. The lowest BCUT2D eigenvalue weighted by Crippen LogP contribution is -2.64. The van der Waals surface area contributed by atoms with E-state index in [4.69, 9.17) is 21.1 Å². The number of ether oxygens (including phenoxy) is 2. The molecule has 9 atom stereocenters. The Kier molecular flexibility index (Phi) is 4.72. The zero-order chi connectivity index (χ0) is 23.3. The van der Waals surface area contributed by atoms with E-state index in [0.717, 1.165) is 18.4 Å². The number of halogens is 1. The maximum atomic E-state index is 13.4. The monoisotopic (exact) mass is 462 g/mol. The average Bonchev–Trinajstić information content (AvgIpc) is 3.41. The first-order valence-corrected chi connectivity index (χ1v) is 12.1. The molecule has 0 aromatic heterocycles. The van der Waals surface area contributed by atoms with Crippen LogP contribution in [-0.2, 0) is 23.9 Å². The minimum atomic E-state index is -1.74. The van der Waals surface area contributed by atoms with Gasteiger partial charge in [-0.3, -0.25) is 14.4 Å². The summed E-state index contributed by atoms with van der Waals surface area (Å²) in [5, 5.41) is 10.1. The lowest BCUT2D eigenvalue weighted by molar-refractivity contribution is -0.194. The van der Waals surface area contributed by atoms with Gasteiger partial charge in [0.05, 0.1) is 6.10 Å². The Morgan fingerprint density at radius 1 is 1.34 bits per heavy atom. The van der Waals surface area contributed by atoms with E-state index >= 15 is 0 Å². The SMILES string of the molecule is CCC(=O)O[C@@]1(C(=O)C(O)Cl)[C@@H](C)C[C@H]2[C@@H]3CCC4=CC(=O)C=C[C@]4(C)[C@@]34O[C@H]4C[C@@]21C. The molecule has 0 radical (unpaired) electrons. The van der Waals surface area contributed by atoms with E-state index in [1.165, 1.54) is 0 Å². The summed E-state index contributed by atoms with van der Waals surface area (Å²) in [5.74, 6) is -1.14. The van der Waals surface area contributed by atoms with E-state index in [1.807, 2.05) is 19.9 Å². The number of Topliss-reactive ketones (excluding diaryl/α,β-unsaturated/α-hetero) is 1. The highest BCUT2D eigenvalue weighted by Crippen LogP contribution is 2.77. The van der Waals surface area contributed by atoms with E-state index in [0.29, 0.717) is 12.8 Å². The first-order chi connectivity index (χ1) is 15.0. The number of hydrogen-bond donors (Lipinski definition) is 1. The fourth-order valence-corrected chi connectivity index (χ4v) is 8.35. The lowest BCUT2D eigenvalue weighted by atomic mass is 9.46. The summed E-state index contributed by atoms with van der Waals surface area (Å²) >= 11 is 5.93. The number of aliphatic hydroxyl groups excluding tert-OH is 1. The highest BCUT2D eigenvalue weighted by molar-refractivity contribution is 6.31. The third-order valence-electron chi connectivity index (χ3n) is 9.62. The molecule has 0 aromatic carbocycles. The largest absolute Gasteiger partial charge is 0.450 e. The summed E-state index contributed by atoms with van der Waals surface area (Å²) in [5.41, 5.74) is -3.58. The van der Waals surface area contributed by atoms with Gasteiger partial charge in [-0.1, -0.05) is 44.0 Å². The third kappa shape index (κ3) is 2.41. The van der Waals surface area contributed by atoms with Crippen LogP contribution >= 0.6 is 11.6 Å². The zero-order valence-corrected chi connectivity index (χ0v) is 19.8. The normalized spacial score (nSPS) is 49.2. The number of esters is 1. The molecule has 1 aliphatic heterocycles. The minimum absolute atomic E-state index is 0.0202. The fourth-order valence-electron chi connectivity index (χ4n) is 8.19. The molecular weight excluding hydrogens is 432 g/mol. The van der Waals surface area contributed by atoms with Gasteiger partial charge in [0, 0.05) is 23.2 Å². The number of ketones is 2. The van der Waals surface area contributed by atoms with Gasteiger partial charge in [0.1, 0.15) is 5.60 Å². The van der Waals surface area contributed by atoms with Gasteiger partial charge in [-0.2, -0.15) is 0 Å². The number of carbonyl (C=O) groups is 3. The van der Waals surface area contributed by atoms with Crippen LogP contribution in [0.15, 0.2) is 23.8 Å². The van der Waals surface area contributed by atoms with Gasteiger partial charge in [0.25, 0.3) is 0 Å². The summed E-state index contributed by atoms with van der Waals surface area (Å²) in [4.78, 5) is 38.0. The van der Waals surface area contributed by atoms with Gasteiger partial charge >= 0.3 is 5.97 Å². The van der Waals surface area contributed by atoms with Gasteiger partial charge in [-0.25, -0.2) is 0 Å². The van der Waals surface area contributed by atoms with Gasteiger partial charge in [-0.05, 0) is 56.6 Å². The van der Waals surface area contributed by atoms with Crippen LogP contribution in [0.3, 0.4) is 0 Å². The van der Waals surface area contributed by atoms with Crippen molar-refractivity contribution < 1.29 is 29.0 Å². The molecule has 32 heavy (non-hydrogen) atoms. The number of allylic oxidation sites excluding steroid dienone is 2. The summed E-state index contributed by atoms with van der Waals surface area (Å²) in [6.45, 7) is 7.80. The Morgan fingerprint density at radius 3 is 2.72 bits per heavy atom. The second-order valence-electron chi connectivity index (χ2n) is 10.8. The van der Waals surface area contributed by atoms with Crippen LogP contribution in [0, 0.1) is 28.6 Å². The van der Waals surface area contributed by atoms with E-state index in [1.54, 1.807) is 19.1 Å². The van der Waals surface area contributed by atoms with Crippen molar-refractivity contribution in [3.63, 3.8) is 0 Å². The van der Waals surface area contributed by atoms with E-state index in [2.05, 4.69) is 6.92 Å². The first kappa shape index (κ1) is 22.3. The standard InChI is InChI=1S/C25H31ClO6/c1-5-19(28)32-24(20(29)21(26)30)13(2)10-17-16-7-6-14-11-15(27)8-9-22(14,3)25(16)18(31-25)12-23(17,24)4/h8-9,11,13,16-18,21,30H,5-7,10,12H2,1-4H3/t13-,16-,17-,18-,21?,22-,23-,24+,25+/m0/s1. The number of epoxide rings is 1. The molecule has 0 aromatic rings. The van der Waals surface area contributed by atoms with Crippen molar-refractivity contribution in [1.29, 1.82) is 0 Å². The van der Waals surface area contributed by atoms with Crippen LogP contribution in [0.25, 0.3) is 0 Å². The average molecular weight is 463 g/mol. The van der Waals surface area contributed by atoms with Crippen LogP contribution in [-0.4, -0.2) is 45.5 Å².